The summed E-state index contributed by atoms with van der Waals surface area (Å²) < 4.78 is 1.68. The molecule has 1 rings (SSSR count). The van der Waals surface area contributed by atoms with Gasteiger partial charge in [0.2, 0.25) is 0 Å². The van der Waals surface area contributed by atoms with Crippen molar-refractivity contribution in [1.29, 1.82) is 0 Å². The van der Waals surface area contributed by atoms with E-state index in [9.17, 15) is 9.59 Å². The van der Waals surface area contributed by atoms with Gasteiger partial charge >= 0.3 is 5.97 Å². The lowest BCUT2D eigenvalue weighted by atomic mass is 10.0. The summed E-state index contributed by atoms with van der Waals surface area (Å²) in [7, 11) is 0. The number of aliphatic carboxylic acids is 1. The van der Waals surface area contributed by atoms with Crippen molar-refractivity contribution >= 4 is 11.9 Å². The van der Waals surface area contributed by atoms with Crippen LogP contribution >= 0.6 is 0 Å². The van der Waals surface area contributed by atoms with Crippen LogP contribution in [0.3, 0.4) is 0 Å². The Kier molecular flexibility index (Phi) is 6.21. The van der Waals surface area contributed by atoms with Gasteiger partial charge in [-0.05, 0) is 38.7 Å². The topological polar surface area (TPSA) is 84.2 Å². The summed E-state index contributed by atoms with van der Waals surface area (Å²) in [4.78, 5) is 22.5. The van der Waals surface area contributed by atoms with E-state index in [1.165, 1.54) is 0 Å². The lowest BCUT2D eigenvalue weighted by molar-refractivity contribution is -0.137. The molecule has 1 heterocycles. The van der Waals surface area contributed by atoms with E-state index in [4.69, 9.17) is 5.11 Å². The smallest absolute Gasteiger partial charge is 0.303 e. The molecule has 1 aromatic rings. The normalized spacial score (nSPS) is 12.2. The fourth-order valence-corrected chi connectivity index (χ4v) is 2.01. The Morgan fingerprint density at radius 2 is 2.15 bits per heavy atom. The number of carbonyl (C=O) groups excluding carboxylic acids is 1. The van der Waals surface area contributed by atoms with E-state index in [0.717, 1.165) is 12.1 Å². The second-order valence-electron chi connectivity index (χ2n) is 5.07. The standard InChI is InChI=1S/C14H23N3O3/c1-4-17-12(9-11(3)16-17)14(20)15-8-7-10(2)5-6-13(18)19/h9-10H,4-8H2,1-3H3,(H,15,20)(H,18,19). The molecule has 0 radical (unpaired) electrons. The van der Waals surface area contributed by atoms with E-state index in [1.807, 2.05) is 20.8 Å². The van der Waals surface area contributed by atoms with Gasteiger partial charge in [-0.2, -0.15) is 5.10 Å². The molecular weight excluding hydrogens is 258 g/mol. The van der Waals surface area contributed by atoms with Crippen LogP contribution in [0.1, 0.15) is 49.3 Å². The van der Waals surface area contributed by atoms with Gasteiger partial charge in [0, 0.05) is 19.5 Å². The highest BCUT2D eigenvalue weighted by atomic mass is 16.4. The van der Waals surface area contributed by atoms with Crippen LogP contribution in [-0.2, 0) is 11.3 Å². The second kappa shape index (κ2) is 7.67. The molecule has 6 heteroatoms. The van der Waals surface area contributed by atoms with Gasteiger partial charge in [0.05, 0.1) is 5.69 Å². The van der Waals surface area contributed by atoms with Gasteiger partial charge in [0.1, 0.15) is 5.69 Å². The molecule has 0 saturated heterocycles. The second-order valence-corrected chi connectivity index (χ2v) is 5.07. The largest absolute Gasteiger partial charge is 0.481 e. The first kappa shape index (κ1) is 16.2. The highest BCUT2D eigenvalue weighted by molar-refractivity contribution is 5.92. The Morgan fingerprint density at radius 3 is 2.75 bits per heavy atom. The maximum Gasteiger partial charge on any atom is 0.303 e. The van der Waals surface area contributed by atoms with Crippen LogP contribution in [0.4, 0.5) is 0 Å². The average molecular weight is 281 g/mol. The molecule has 1 amide bonds. The predicted molar refractivity (Wildman–Crippen MR) is 75.6 cm³/mol. The zero-order valence-corrected chi connectivity index (χ0v) is 12.3. The van der Waals surface area contributed by atoms with E-state index < -0.39 is 5.97 Å². The van der Waals surface area contributed by atoms with Crippen LogP contribution in [0.25, 0.3) is 0 Å². The Labute approximate surface area is 119 Å². The maximum atomic E-state index is 12.0. The van der Waals surface area contributed by atoms with Crippen molar-refractivity contribution in [2.45, 2.75) is 46.6 Å². The van der Waals surface area contributed by atoms with Gasteiger partial charge in [-0.25, -0.2) is 0 Å². The van der Waals surface area contributed by atoms with Crippen LogP contribution in [0.2, 0.25) is 0 Å². The third-order valence-corrected chi connectivity index (χ3v) is 3.21. The first-order chi connectivity index (χ1) is 9.43. The quantitative estimate of drug-likeness (QED) is 0.761. The number of hydrogen-bond donors (Lipinski definition) is 2. The van der Waals surface area contributed by atoms with E-state index in [-0.39, 0.29) is 18.2 Å². The number of nitrogens with one attached hydrogen (secondary N) is 1. The van der Waals surface area contributed by atoms with Gasteiger partial charge in [-0.3, -0.25) is 14.3 Å². The summed E-state index contributed by atoms with van der Waals surface area (Å²) in [5.41, 5.74) is 1.40. The predicted octanol–water partition coefficient (Wildman–Crippen LogP) is 1.83. The Balaban J connectivity index is 2.38. The number of carboxylic acid groups (broad SMARTS) is 1. The molecule has 112 valence electrons. The molecule has 20 heavy (non-hydrogen) atoms. The molecule has 1 atom stereocenters. The third kappa shape index (κ3) is 5.03. The summed E-state index contributed by atoms with van der Waals surface area (Å²) in [5, 5.41) is 15.7. The van der Waals surface area contributed by atoms with Crippen molar-refractivity contribution in [2.75, 3.05) is 6.54 Å². The van der Waals surface area contributed by atoms with Crippen molar-refractivity contribution in [1.82, 2.24) is 15.1 Å². The van der Waals surface area contributed by atoms with Gasteiger partial charge in [-0.1, -0.05) is 6.92 Å². The van der Waals surface area contributed by atoms with E-state index in [0.29, 0.717) is 25.2 Å². The van der Waals surface area contributed by atoms with Crippen LogP contribution < -0.4 is 5.32 Å². The molecule has 1 aromatic heterocycles. The summed E-state index contributed by atoms with van der Waals surface area (Å²) in [6, 6.07) is 1.77. The molecule has 0 fully saturated rings. The molecule has 0 aromatic carbocycles. The van der Waals surface area contributed by atoms with Crippen LogP contribution in [0.15, 0.2) is 6.07 Å². The Bertz CT molecular complexity index is 468. The van der Waals surface area contributed by atoms with Crippen LogP contribution in [0.5, 0.6) is 0 Å². The summed E-state index contributed by atoms with van der Waals surface area (Å²) in [6.07, 6.45) is 1.59. The summed E-state index contributed by atoms with van der Waals surface area (Å²) >= 11 is 0. The van der Waals surface area contributed by atoms with Crippen molar-refractivity contribution in [3.05, 3.63) is 17.5 Å². The lowest BCUT2D eigenvalue weighted by Gasteiger charge is -2.11. The SMILES string of the molecule is CCn1nc(C)cc1C(=O)NCCC(C)CCC(=O)O. The molecule has 1 unspecified atom stereocenters. The number of aryl methyl sites for hydroxylation is 2. The molecule has 0 aliphatic carbocycles. The minimum atomic E-state index is -0.775. The van der Waals surface area contributed by atoms with Crippen molar-refractivity contribution < 1.29 is 14.7 Å². The highest BCUT2D eigenvalue weighted by Crippen LogP contribution is 2.09. The van der Waals surface area contributed by atoms with Gasteiger partial charge < -0.3 is 10.4 Å². The molecular formula is C14H23N3O3. The highest BCUT2D eigenvalue weighted by Gasteiger charge is 2.13. The average Bonchev–Trinajstić information content (AvgIpc) is 2.77. The van der Waals surface area contributed by atoms with E-state index in [2.05, 4.69) is 10.4 Å². The number of rotatable bonds is 8. The zero-order valence-electron chi connectivity index (χ0n) is 12.3. The first-order valence-corrected chi connectivity index (χ1v) is 6.98. The number of nitrogens with zero attached hydrogens (tertiary/aromatic N) is 2. The lowest BCUT2D eigenvalue weighted by Crippen LogP contribution is -2.28. The number of amides is 1. The van der Waals surface area contributed by atoms with Gasteiger partial charge in [0.15, 0.2) is 0 Å². The first-order valence-electron chi connectivity index (χ1n) is 6.98. The monoisotopic (exact) mass is 281 g/mol. The fraction of sp³-hybridized carbons (Fsp3) is 0.643. The minimum absolute atomic E-state index is 0.127. The van der Waals surface area contributed by atoms with Gasteiger partial charge in [0.25, 0.3) is 5.91 Å². The molecule has 0 aliphatic heterocycles. The van der Waals surface area contributed by atoms with Gasteiger partial charge in [-0.15, -0.1) is 0 Å². The molecule has 2 N–H and O–H groups in total. The van der Waals surface area contributed by atoms with Crippen LogP contribution in [0, 0.1) is 12.8 Å². The summed E-state index contributed by atoms with van der Waals surface area (Å²) in [6.45, 7) is 7.00. The number of hydrogen-bond acceptors (Lipinski definition) is 3. The van der Waals surface area contributed by atoms with E-state index >= 15 is 0 Å². The third-order valence-electron chi connectivity index (χ3n) is 3.21. The Morgan fingerprint density at radius 1 is 1.45 bits per heavy atom. The maximum absolute atomic E-state index is 12.0. The fourth-order valence-electron chi connectivity index (χ4n) is 2.01. The number of carboxylic acids is 1. The number of carbonyl (C=O) groups is 2. The van der Waals surface area contributed by atoms with E-state index in [1.54, 1.807) is 10.7 Å². The molecule has 0 saturated carbocycles. The van der Waals surface area contributed by atoms with Crippen LogP contribution in [-0.4, -0.2) is 33.3 Å². The molecule has 6 nitrogen and oxygen atoms in total. The molecule has 0 aliphatic rings. The Hall–Kier alpha value is -1.85. The van der Waals surface area contributed by atoms with Crippen molar-refractivity contribution in [3.63, 3.8) is 0 Å². The zero-order chi connectivity index (χ0) is 15.1. The number of aromatic nitrogens is 2. The molecule has 0 spiro atoms. The minimum Gasteiger partial charge on any atom is -0.481 e. The molecule has 0 bridgehead atoms. The summed E-state index contributed by atoms with van der Waals surface area (Å²) in [5.74, 6) is -0.620. The van der Waals surface area contributed by atoms with Crippen molar-refractivity contribution in [2.24, 2.45) is 5.92 Å². The van der Waals surface area contributed by atoms with Crippen molar-refractivity contribution in [3.8, 4) is 0 Å².